The van der Waals surface area contributed by atoms with Gasteiger partial charge in [-0.3, -0.25) is 0 Å². The van der Waals surface area contributed by atoms with E-state index in [0.29, 0.717) is 10.8 Å². The SMILES string of the molecule is Fc1ccc(NC(=S)NCCCN2C=CNC2)cc1Cl. The zero-order valence-corrected chi connectivity index (χ0v) is 12.4. The van der Waals surface area contributed by atoms with Gasteiger partial charge in [0.25, 0.3) is 0 Å². The number of halogens is 2. The van der Waals surface area contributed by atoms with Crippen LogP contribution in [0.2, 0.25) is 5.02 Å². The molecule has 0 saturated carbocycles. The Morgan fingerprint density at radius 2 is 2.35 bits per heavy atom. The van der Waals surface area contributed by atoms with Crippen LogP contribution in [0.25, 0.3) is 0 Å². The maximum Gasteiger partial charge on any atom is 0.170 e. The number of thiocarbonyl (C=S) groups is 1. The summed E-state index contributed by atoms with van der Waals surface area (Å²) in [6.45, 7) is 2.59. The third-order valence-electron chi connectivity index (χ3n) is 2.78. The third-order valence-corrected chi connectivity index (χ3v) is 3.32. The number of anilines is 1. The van der Waals surface area contributed by atoms with Gasteiger partial charge in [0.2, 0.25) is 0 Å². The van der Waals surface area contributed by atoms with Crippen molar-refractivity contribution in [3.05, 3.63) is 41.4 Å². The number of hydrogen-bond acceptors (Lipinski definition) is 3. The molecule has 1 heterocycles. The van der Waals surface area contributed by atoms with E-state index >= 15 is 0 Å². The summed E-state index contributed by atoms with van der Waals surface area (Å²) in [4.78, 5) is 2.18. The molecule has 0 saturated heterocycles. The summed E-state index contributed by atoms with van der Waals surface area (Å²) in [5, 5.41) is 9.76. The molecule has 1 aliphatic heterocycles. The van der Waals surface area contributed by atoms with E-state index in [2.05, 4.69) is 20.9 Å². The topological polar surface area (TPSA) is 39.3 Å². The molecule has 0 aliphatic carbocycles. The first-order valence-corrected chi connectivity index (χ1v) is 7.08. The van der Waals surface area contributed by atoms with E-state index in [1.165, 1.54) is 12.1 Å². The van der Waals surface area contributed by atoms with Gasteiger partial charge < -0.3 is 20.9 Å². The largest absolute Gasteiger partial charge is 0.373 e. The molecule has 1 aliphatic rings. The number of nitrogens with zero attached hydrogens (tertiary/aromatic N) is 1. The second-order valence-corrected chi connectivity index (χ2v) is 5.17. The van der Waals surface area contributed by atoms with Crippen molar-refractivity contribution in [2.24, 2.45) is 0 Å². The van der Waals surface area contributed by atoms with Gasteiger partial charge in [-0.1, -0.05) is 11.6 Å². The first kappa shape index (κ1) is 14.9. The van der Waals surface area contributed by atoms with Gasteiger partial charge in [-0.15, -0.1) is 0 Å². The van der Waals surface area contributed by atoms with Gasteiger partial charge >= 0.3 is 0 Å². The van der Waals surface area contributed by atoms with Crippen LogP contribution >= 0.6 is 23.8 Å². The van der Waals surface area contributed by atoms with Crippen LogP contribution in [0.4, 0.5) is 10.1 Å². The normalized spacial score (nSPS) is 13.2. The predicted molar refractivity (Wildman–Crippen MR) is 84.1 cm³/mol. The van der Waals surface area contributed by atoms with E-state index in [1.54, 1.807) is 6.07 Å². The smallest absolute Gasteiger partial charge is 0.170 e. The van der Waals surface area contributed by atoms with Crippen molar-refractivity contribution < 1.29 is 4.39 Å². The van der Waals surface area contributed by atoms with Crippen molar-refractivity contribution in [3.63, 3.8) is 0 Å². The summed E-state index contributed by atoms with van der Waals surface area (Å²) < 4.78 is 13.0. The Labute approximate surface area is 128 Å². The van der Waals surface area contributed by atoms with E-state index in [9.17, 15) is 4.39 Å². The molecule has 108 valence electrons. The summed E-state index contributed by atoms with van der Waals surface area (Å²) in [7, 11) is 0. The van der Waals surface area contributed by atoms with E-state index < -0.39 is 5.82 Å². The van der Waals surface area contributed by atoms with Gasteiger partial charge in [0.05, 0.1) is 11.7 Å². The molecule has 3 N–H and O–H groups in total. The van der Waals surface area contributed by atoms with Gasteiger partial charge in [0.1, 0.15) is 5.82 Å². The van der Waals surface area contributed by atoms with Gasteiger partial charge in [0.15, 0.2) is 5.11 Å². The predicted octanol–water partition coefficient (Wildman–Crippen LogP) is 2.49. The van der Waals surface area contributed by atoms with E-state index in [1.807, 2.05) is 12.4 Å². The monoisotopic (exact) mass is 314 g/mol. The van der Waals surface area contributed by atoms with Crippen molar-refractivity contribution in [1.82, 2.24) is 15.5 Å². The standard InChI is InChI=1S/C13H16ClFN4S/c14-11-8-10(2-3-12(11)15)18-13(20)17-4-1-6-19-7-5-16-9-19/h2-3,5,7-8,16H,1,4,6,9H2,(H2,17,18,20). The van der Waals surface area contributed by atoms with Crippen LogP contribution in [0, 0.1) is 5.82 Å². The highest BCUT2D eigenvalue weighted by atomic mass is 35.5. The van der Waals surface area contributed by atoms with Gasteiger partial charge in [-0.25, -0.2) is 4.39 Å². The molecule has 20 heavy (non-hydrogen) atoms. The van der Waals surface area contributed by atoms with E-state index in [-0.39, 0.29) is 5.02 Å². The van der Waals surface area contributed by atoms with Crippen molar-refractivity contribution >= 4 is 34.6 Å². The second-order valence-electron chi connectivity index (χ2n) is 4.35. The molecule has 0 radical (unpaired) electrons. The maximum atomic E-state index is 13.0. The summed E-state index contributed by atoms with van der Waals surface area (Å²) in [6, 6.07) is 4.40. The highest BCUT2D eigenvalue weighted by Crippen LogP contribution is 2.19. The van der Waals surface area contributed by atoms with E-state index in [4.69, 9.17) is 23.8 Å². The van der Waals surface area contributed by atoms with E-state index in [0.717, 1.165) is 26.2 Å². The van der Waals surface area contributed by atoms with Crippen LogP contribution in [0.3, 0.4) is 0 Å². The number of benzene rings is 1. The lowest BCUT2D eigenvalue weighted by Crippen LogP contribution is -2.31. The second kappa shape index (κ2) is 7.31. The fourth-order valence-electron chi connectivity index (χ4n) is 1.77. The number of hydrogen-bond donors (Lipinski definition) is 3. The maximum absolute atomic E-state index is 13.0. The molecule has 0 amide bonds. The quantitative estimate of drug-likeness (QED) is 0.575. The van der Waals surface area contributed by atoms with Crippen LogP contribution < -0.4 is 16.0 Å². The van der Waals surface area contributed by atoms with Crippen LogP contribution in [-0.2, 0) is 0 Å². The molecule has 1 aromatic carbocycles. The lowest BCUT2D eigenvalue weighted by molar-refractivity contribution is 0.384. The molecule has 4 nitrogen and oxygen atoms in total. The Hall–Kier alpha value is -1.53. The fourth-order valence-corrected chi connectivity index (χ4v) is 2.17. The first-order chi connectivity index (χ1) is 9.65. The molecular weight excluding hydrogens is 299 g/mol. The molecule has 0 spiro atoms. The minimum absolute atomic E-state index is 0.0751. The molecule has 0 atom stereocenters. The van der Waals surface area contributed by atoms with Crippen LogP contribution in [0.1, 0.15) is 6.42 Å². The van der Waals surface area contributed by atoms with Gasteiger partial charge in [-0.05, 0) is 36.8 Å². The Balaban J connectivity index is 1.66. The van der Waals surface area contributed by atoms with Crippen LogP contribution in [0.15, 0.2) is 30.6 Å². The molecule has 1 aromatic rings. The molecule has 0 unspecified atom stereocenters. The molecule has 0 bridgehead atoms. The third kappa shape index (κ3) is 4.54. The van der Waals surface area contributed by atoms with Crippen molar-refractivity contribution in [1.29, 1.82) is 0 Å². The highest BCUT2D eigenvalue weighted by molar-refractivity contribution is 7.80. The zero-order chi connectivity index (χ0) is 14.4. The lowest BCUT2D eigenvalue weighted by Gasteiger charge is -2.15. The summed E-state index contributed by atoms with van der Waals surface area (Å²) >= 11 is 10.9. The lowest BCUT2D eigenvalue weighted by atomic mass is 10.3. The average Bonchev–Trinajstić information content (AvgIpc) is 2.92. The highest BCUT2D eigenvalue weighted by Gasteiger charge is 2.04. The van der Waals surface area contributed by atoms with Crippen LogP contribution in [-0.4, -0.2) is 29.8 Å². The number of nitrogens with one attached hydrogen (secondary N) is 3. The van der Waals surface area contributed by atoms with Gasteiger partial charge in [0, 0.05) is 31.2 Å². The first-order valence-electron chi connectivity index (χ1n) is 6.29. The molecule has 7 heteroatoms. The Kier molecular flexibility index (Phi) is 5.43. The van der Waals surface area contributed by atoms with Gasteiger partial charge in [-0.2, -0.15) is 0 Å². The Morgan fingerprint density at radius 3 is 3.05 bits per heavy atom. The summed E-state index contributed by atoms with van der Waals surface area (Å²) in [5.41, 5.74) is 0.667. The Morgan fingerprint density at radius 1 is 1.50 bits per heavy atom. The fraction of sp³-hybridized carbons (Fsp3) is 0.308. The van der Waals surface area contributed by atoms with Crippen molar-refractivity contribution in [2.75, 3.05) is 25.1 Å². The average molecular weight is 315 g/mol. The van der Waals surface area contributed by atoms with Crippen molar-refractivity contribution in [2.45, 2.75) is 6.42 Å². The molecule has 0 fully saturated rings. The summed E-state index contributed by atoms with van der Waals surface area (Å²) in [5.74, 6) is -0.441. The Bertz CT molecular complexity index is 509. The van der Waals surface area contributed by atoms with Crippen LogP contribution in [0.5, 0.6) is 0 Å². The molecule has 2 rings (SSSR count). The minimum atomic E-state index is -0.441. The molecule has 0 aromatic heterocycles. The molecular formula is C13H16ClFN4S. The summed E-state index contributed by atoms with van der Waals surface area (Å²) in [6.07, 6.45) is 4.92. The number of rotatable bonds is 5. The van der Waals surface area contributed by atoms with Crippen molar-refractivity contribution in [3.8, 4) is 0 Å². The minimum Gasteiger partial charge on any atom is -0.373 e. The zero-order valence-electron chi connectivity index (χ0n) is 10.8.